The summed E-state index contributed by atoms with van der Waals surface area (Å²) in [4.78, 5) is 0.459. The molecule has 0 aliphatic heterocycles. The van der Waals surface area contributed by atoms with Crippen LogP contribution in [0.25, 0.3) is 10.9 Å². The topological polar surface area (TPSA) is 30.9 Å². The Bertz CT molecular complexity index is 711. The van der Waals surface area contributed by atoms with Crippen LogP contribution in [0.4, 0.5) is 0 Å². The molecular formula is C15H14N2S2. The summed E-state index contributed by atoms with van der Waals surface area (Å²) >= 11 is 6.84. The number of aryl methyl sites for hydroxylation is 2. The van der Waals surface area contributed by atoms with Gasteiger partial charge in [0.2, 0.25) is 0 Å². The normalized spacial score (nSPS) is 10.9. The molecule has 2 N–H and O–H groups in total. The highest BCUT2D eigenvalue weighted by atomic mass is 32.1. The zero-order valence-electron chi connectivity index (χ0n) is 10.4. The number of hydrogen-bond acceptors (Lipinski definition) is 2. The van der Waals surface area contributed by atoms with Gasteiger partial charge in [-0.25, -0.2) is 0 Å². The molecule has 0 radical (unpaired) electrons. The van der Waals surface area contributed by atoms with Crippen molar-refractivity contribution in [2.24, 2.45) is 5.73 Å². The number of thiocarbonyl (C=S) groups is 1. The Morgan fingerprint density at radius 1 is 1.26 bits per heavy atom. The van der Waals surface area contributed by atoms with E-state index >= 15 is 0 Å². The van der Waals surface area contributed by atoms with Gasteiger partial charge in [-0.05, 0) is 40.9 Å². The SMILES string of the molecule is NC(=S)c1cccc2c1ccn2CCc1ccsc1. The van der Waals surface area contributed by atoms with Gasteiger partial charge in [0, 0.05) is 29.2 Å². The van der Waals surface area contributed by atoms with Gasteiger partial charge >= 0.3 is 0 Å². The van der Waals surface area contributed by atoms with E-state index in [9.17, 15) is 0 Å². The molecule has 0 spiro atoms. The second-order valence-electron chi connectivity index (χ2n) is 4.49. The van der Waals surface area contributed by atoms with Gasteiger partial charge in [0.25, 0.3) is 0 Å². The van der Waals surface area contributed by atoms with Crippen molar-refractivity contribution in [2.45, 2.75) is 13.0 Å². The Kier molecular flexibility index (Phi) is 3.36. The monoisotopic (exact) mass is 286 g/mol. The fraction of sp³-hybridized carbons (Fsp3) is 0.133. The van der Waals surface area contributed by atoms with Crippen molar-refractivity contribution in [3.05, 3.63) is 58.4 Å². The van der Waals surface area contributed by atoms with Gasteiger partial charge in [0.05, 0.1) is 0 Å². The average Bonchev–Trinajstić information content (AvgIpc) is 3.05. The first-order chi connectivity index (χ1) is 9.25. The number of thiophene rings is 1. The minimum Gasteiger partial charge on any atom is -0.389 e. The van der Waals surface area contributed by atoms with E-state index in [1.807, 2.05) is 12.1 Å². The fourth-order valence-corrected chi connectivity index (χ4v) is 3.20. The van der Waals surface area contributed by atoms with Crippen LogP contribution in [0.3, 0.4) is 0 Å². The van der Waals surface area contributed by atoms with Crippen LogP contribution in [0.2, 0.25) is 0 Å². The molecule has 0 saturated heterocycles. The molecule has 0 bridgehead atoms. The highest BCUT2D eigenvalue weighted by molar-refractivity contribution is 7.80. The van der Waals surface area contributed by atoms with Crippen LogP contribution in [0.1, 0.15) is 11.1 Å². The molecule has 2 heterocycles. The zero-order chi connectivity index (χ0) is 13.2. The Morgan fingerprint density at radius 3 is 2.89 bits per heavy atom. The summed E-state index contributed by atoms with van der Waals surface area (Å²) in [6.45, 7) is 0.973. The van der Waals surface area contributed by atoms with Crippen LogP contribution >= 0.6 is 23.6 Å². The summed E-state index contributed by atoms with van der Waals surface area (Å²) in [6.07, 6.45) is 3.16. The molecule has 0 amide bonds. The van der Waals surface area contributed by atoms with Crippen molar-refractivity contribution < 1.29 is 0 Å². The first-order valence-electron chi connectivity index (χ1n) is 6.14. The molecule has 96 valence electrons. The molecule has 2 aromatic heterocycles. The van der Waals surface area contributed by atoms with Gasteiger partial charge in [-0.2, -0.15) is 11.3 Å². The molecule has 4 heteroatoms. The van der Waals surface area contributed by atoms with Gasteiger partial charge in [0.1, 0.15) is 4.99 Å². The van der Waals surface area contributed by atoms with Crippen molar-refractivity contribution in [1.82, 2.24) is 4.57 Å². The lowest BCUT2D eigenvalue weighted by atomic mass is 10.1. The Balaban J connectivity index is 1.92. The highest BCUT2D eigenvalue weighted by Crippen LogP contribution is 2.21. The third-order valence-corrected chi connectivity index (χ3v) is 4.25. The fourth-order valence-electron chi connectivity index (χ4n) is 2.32. The minimum absolute atomic E-state index is 0.459. The van der Waals surface area contributed by atoms with E-state index in [0.717, 1.165) is 23.9 Å². The molecule has 19 heavy (non-hydrogen) atoms. The van der Waals surface area contributed by atoms with Gasteiger partial charge in [-0.15, -0.1) is 0 Å². The maximum absolute atomic E-state index is 5.76. The van der Waals surface area contributed by atoms with Crippen LogP contribution in [-0.2, 0) is 13.0 Å². The number of benzene rings is 1. The molecule has 3 rings (SSSR count). The molecule has 2 nitrogen and oxygen atoms in total. The molecule has 0 aliphatic rings. The number of rotatable bonds is 4. The van der Waals surface area contributed by atoms with Crippen molar-refractivity contribution in [2.75, 3.05) is 0 Å². The van der Waals surface area contributed by atoms with Crippen molar-refractivity contribution in [3.63, 3.8) is 0 Å². The van der Waals surface area contributed by atoms with Crippen LogP contribution in [0.15, 0.2) is 47.3 Å². The van der Waals surface area contributed by atoms with Crippen LogP contribution < -0.4 is 5.73 Å². The third kappa shape index (κ3) is 2.41. The molecule has 0 unspecified atom stereocenters. The number of aromatic nitrogens is 1. The standard InChI is InChI=1S/C15H14N2S2/c16-15(18)13-2-1-3-14-12(13)5-8-17(14)7-4-11-6-9-19-10-11/h1-3,5-6,8-10H,4,7H2,(H2,16,18). The van der Waals surface area contributed by atoms with Gasteiger partial charge in [-0.1, -0.05) is 24.4 Å². The zero-order valence-corrected chi connectivity index (χ0v) is 12.0. The maximum Gasteiger partial charge on any atom is 0.104 e. The second-order valence-corrected chi connectivity index (χ2v) is 5.71. The first-order valence-corrected chi connectivity index (χ1v) is 7.49. The number of hydrogen-bond donors (Lipinski definition) is 1. The maximum atomic E-state index is 5.76. The van der Waals surface area contributed by atoms with E-state index in [1.54, 1.807) is 11.3 Å². The molecular weight excluding hydrogens is 272 g/mol. The van der Waals surface area contributed by atoms with Crippen LogP contribution in [0.5, 0.6) is 0 Å². The first kappa shape index (κ1) is 12.4. The molecule has 0 atom stereocenters. The molecule has 0 fully saturated rings. The lowest BCUT2D eigenvalue weighted by Crippen LogP contribution is -2.09. The number of nitrogens with zero attached hydrogens (tertiary/aromatic N) is 1. The highest BCUT2D eigenvalue weighted by Gasteiger charge is 2.07. The number of fused-ring (bicyclic) bond motifs is 1. The predicted molar refractivity (Wildman–Crippen MR) is 85.8 cm³/mol. The minimum atomic E-state index is 0.459. The van der Waals surface area contributed by atoms with Crippen LogP contribution in [0, 0.1) is 0 Å². The van der Waals surface area contributed by atoms with Crippen molar-refractivity contribution in [1.29, 1.82) is 0 Å². The molecule has 0 saturated carbocycles. The van der Waals surface area contributed by atoms with E-state index in [1.165, 1.54) is 11.1 Å². The van der Waals surface area contributed by atoms with E-state index in [0.29, 0.717) is 4.99 Å². The quantitative estimate of drug-likeness (QED) is 0.743. The summed E-state index contributed by atoms with van der Waals surface area (Å²) in [5.74, 6) is 0. The average molecular weight is 286 g/mol. The Labute approximate surface area is 121 Å². The van der Waals surface area contributed by atoms with Gasteiger partial charge in [-0.3, -0.25) is 0 Å². The lowest BCUT2D eigenvalue weighted by Gasteiger charge is -2.06. The van der Waals surface area contributed by atoms with Crippen molar-refractivity contribution >= 4 is 39.4 Å². The van der Waals surface area contributed by atoms with Gasteiger partial charge < -0.3 is 10.3 Å². The van der Waals surface area contributed by atoms with E-state index < -0.39 is 0 Å². The molecule has 0 aliphatic carbocycles. The smallest absolute Gasteiger partial charge is 0.104 e. The summed E-state index contributed by atoms with van der Waals surface area (Å²) in [6, 6.07) is 10.4. The van der Waals surface area contributed by atoms with Gasteiger partial charge in [0.15, 0.2) is 0 Å². The van der Waals surface area contributed by atoms with E-state index in [-0.39, 0.29) is 0 Å². The second kappa shape index (κ2) is 5.15. The third-order valence-electron chi connectivity index (χ3n) is 3.30. The van der Waals surface area contributed by atoms with E-state index in [2.05, 4.69) is 39.7 Å². The summed E-state index contributed by atoms with van der Waals surface area (Å²) in [5.41, 5.74) is 9.31. The predicted octanol–water partition coefficient (Wildman–Crippen LogP) is 3.58. The summed E-state index contributed by atoms with van der Waals surface area (Å²) in [5, 5.41) is 5.46. The van der Waals surface area contributed by atoms with Crippen molar-refractivity contribution in [3.8, 4) is 0 Å². The summed E-state index contributed by atoms with van der Waals surface area (Å²) < 4.78 is 2.26. The Morgan fingerprint density at radius 2 is 2.16 bits per heavy atom. The lowest BCUT2D eigenvalue weighted by molar-refractivity contribution is 0.724. The number of nitrogens with two attached hydrogens (primary N) is 1. The van der Waals surface area contributed by atoms with Crippen LogP contribution in [-0.4, -0.2) is 9.56 Å². The Hall–Kier alpha value is -1.65. The largest absolute Gasteiger partial charge is 0.389 e. The summed E-state index contributed by atoms with van der Waals surface area (Å²) in [7, 11) is 0. The molecule has 1 aromatic carbocycles. The molecule has 3 aromatic rings. The van der Waals surface area contributed by atoms with E-state index in [4.69, 9.17) is 18.0 Å².